The number of anilines is 1. The first kappa shape index (κ1) is 30.1. The van der Waals surface area contributed by atoms with Crippen molar-refractivity contribution in [3.05, 3.63) is 94.8 Å². The monoisotopic (exact) mass is 573 g/mol. The molecule has 0 aromatic heterocycles. The van der Waals surface area contributed by atoms with Crippen LogP contribution in [-0.4, -0.2) is 44.3 Å². The zero-order chi connectivity index (χ0) is 28.6. The van der Waals surface area contributed by atoms with E-state index in [1.165, 1.54) is 41.3 Å². The van der Waals surface area contributed by atoms with E-state index < -0.39 is 34.3 Å². The molecule has 3 rings (SSSR count). The molecule has 7 nitrogen and oxygen atoms in total. The maximum absolute atomic E-state index is 13.9. The maximum atomic E-state index is 13.9. The van der Waals surface area contributed by atoms with Crippen LogP contribution in [0.1, 0.15) is 37.8 Å². The number of unbranched alkanes of at least 4 members (excludes halogenated alkanes) is 1. The summed E-state index contributed by atoms with van der Waals surface area (Å²) in [6.07, 6.45) is 1.67. The molecule has 1 atom stereocenters. The van der Waals surface area contributed by atoms with E-state index in [-0.39, 0.29) is 17.3 Å². The Morgan fingerprint density at radius 2 is 1.69 bits per heavy atom. The fourth-order valence-corrected chi connectivity index (χ4v) is 5.76. The van der Waals surface area contributed by atoms with E-state index in [2.05, 4.69) is 5.32 Å². The van der Waals surface area contributed by atoms with Gasteiger partial charge in [-0.05, 0) is 73.9 Å². The molecule has 10 heteroatoms. The second-order valence-electron chi connectivity index (χ2n) is 9.22. The first-order valence-electron chi connectivity index (χ1n) is 12.7. The number of rotatable bonds is 12. The summed E-state index contributed by atoms with van der Waals surface area (Å²) >= 11 is 6.12. The van der Waals surface area contributed by atoms with Crippen molar-refractivity contribution in [1.29, 1.82) is 0 Å². The summed E-state index contributed by atoms with van der Waals surface area (Å²) in [4.78, 5) is 28.2. The second-order valence-corrected chi connectivity index (χ2v) is 11.5. The van der Waals surface area contributed by atoms with Crippen LogP contribution >= 0.6 is 11.6 Å². The average molecular weight is 574 g/mol. The molecule has 3 aromatic carbocycles. The molecular formula is C29H33ClFN3O4S. The fourth-order valence-electron chi connectivity index (χ4n) is 4.04. The van der Waals surface area contributed by atoms with Crippen LogP contribution in [0.4, 0.5) is 10.1 Å². The lowest BCUT2D eigenvalue weighted by Gasteiger charge is -2.32. The highest BCUT2D eigenvalue weighted by atomic mass is 35.5. The van der Waals surface area contributed by atoms with Gasteiger partial charge in [-0.15, -0.1) is 0 Å². The van der Waals surface area contributed by atoms with Gasteiger partial charge >= 0.3 is 0 Å². The normalized spacial score (nSPS) is 12.0. The predicted molar refractivity (Wildman–Crippen MR) is 151 cm³/mol. The summed E-state index contributed by atoms with van der Waals surface area (Å²) in [5.74, 6) is -1.38. The van der Waals surface area contributed by atoms with Gasteiger partial charge in [0.05, 0.1) is 10.6 Å². The molecule has 1 N–H and O–H groups in total. The number of hydrogen-bond acceptors (Lipinski definition) is 4. The van der Waals surface area contributed by atoms with Crippen LogP contribution in [-0.2, 0) is 26.2 Å². The topological polar surface area (TPSA) is 86.8 Å². The molecule has 0 spiro atoms. The van der Waals surface area contributed by atoms with Gasteiger partial charge in [-0.1, -0.05) is 55.3 Å². The largest absolute Gasteiger partial charge is 0.354 e. The van der Waals surface area contributed by atoms with E-state index in [4.69, 9.17) is 11.6 Å². The summed E-state index contributed by atoms with van der Waals surface area (Å²) in [7, 11) is -4.17. The van der Waals surface area contributed by atoms with Crippen molar-refractivity contribution in [1.82, 2.24) is 10.2 Å². The van der Waals surface area contributed by atoms with Crippen LogP contribution in [0.3, 0.4) is 0 Å². The first-order chi connectivity index (χ1) is 18.5. The lowest BCUT2D eigenvalue weighted by Crippen LogP contribution is -2.51. The second kappa shape index (κ2) is 13.6. The first-order valence-corrected chi connectivity index (χ1v) is 14.5. The fraction of sp³-hybridized carbons (Fsp3) is 0.310. The SMILES string of the molecule is CCCCNC(=O)[C@H](C)N(Cc1ccc(F)cc1)C(=O)CN(c1ccc(Cl)cc1C)S(=O)(=O)c1ccccc1. The van der Waals surface area contributed by atoms with Crippen molar-refractivity contribution < 1.29 is 22.4 Å². The van der Waals surface area contributed by atoms with E-state index in [0.717, 1.165) is 17.1 Å². The molecule has 0 aliphatic heterocycles. The smallest absolute Gasteiger partial charge is 0.264 e. The molecule has 0 aliphatic rings. The van der Waals surface area contributed by atoms with Crippen molar-refractivity contribution in [2.75, 3.05) is 17.4 Å². The highest BCUT2D eigenvalue weighted by Crippen LogP contribution is 2.29. The molecule has 0 heterocycles. The molecule has 0 aliphatic carbocycles. The number of carbonyl (C=O) groups is 2. The van der Waals surface area contributed by atoms with Crippen LogP contribution in [0.2, 0.25) is 5.02 Å². The maximum Gasteiger partial charge on any atom is 0.264 e. The Morgan fingerprint density at radius 1 is 1.03 bits per heavy atom. The number of aryl methyl sites for hydroxylation is 1. The van der Waals surface area contributed by atoms with Crippen LogP contribution in [0.15, 0.2) is 77.7 Å². The zero-order valence-electron chi connectivity index (χ0n) is 22.2. The Balaban J connectivity index is 2.01. The molecule has 39 heavy (non-hydrogen) atoms. The van der Waals surface area contributed by atoms with Crippen molar-refractivity contribution in [3.63, 3.8) is 0 Å². The summed E-state index contributed by atoms with van der Waals surface area (Å²) in [5, 5.41) is 3.26. The van der Waals surface area contributed by atoms with E-state index in [0.29, 0.717) is 28.4 Å². The zero-order valence-corrected chi connectivity index (χ0v) is 23.8. The third-order valence-corrected chi connectivity index (χ3v) is 8.31. The van der Waals surface area contributed by atoms with Gasteiger partial charge in [-0.25, -0.2) is 12.8 Å². The van der Waals surface area contributed by atoms with Crippen molar-refractivity contribution in [2.45, 2.75) is 51.1 Å². The Bertz CT molecular complexity index is 1390. The van der Waals surface area contributed by atoms with Gasteiger partial charge in [0.25, 0.3) is 10.0 Å². The minimum atomic E-state index is -4.17. The van der Waals surface area contributed by atoms with Crippen LogP contribution in [0.5, 0.6) is 0 Å². The Kier molecular flexibility index (Phi) is 10.5. The molecule has 3 aromatic rings. The number of benzene rings is 3. The van der Waals surface area contributed by atoms with E-state index in [9.17, 15) is 22.4 Å². The van der Waals surface area contributed by atoms with Gasteiger partial charge in [0.2, 0.25) is 11.8 Å². The number of amides is 2. The Labute approximate surface area is 234 Å². The lowest BCUT2D eigenvalue weighted by atomic mass is 10.1. The highest BCUT2D eigenvalue weighted by molar-refractivity contribution is 7.92. The number of halogens is 2. The van der Waals surface area contributed by atoms with Gasteiger partial charge in [0.1, 0.15) is 18.4 Å². The summed E-state index contributed by atoms with van der Waals surface area (Å²) in [6.45, 7) is 5.18. The summed E-state index contributed by atoms with van der Waals surface area (Å²) in [5.41, 5.74) is 1.45. The molecule has 0 bridgehead atoms. The number of carbonyl (C=O) groups excluding carboxylic acids is 2. The number of sulfonamides is 1. The molecule has 0 radical (unpaired) electrons. The quantitative estimate of drug-likeness (QED) is 0.297. The molecule has 2 amide bonds. The standard InChI is InChI=1S/C29H33ClFN3O4S/c1-4-5-17-32-29(36)22(3)33(19-23-11-14-25(31)15-12-23)28(35)20-34(27-16-13-24(30)18-21(27)2)39(37,38)26-9-7-6-8-10-26/h6-16,18,22H,4-5,17,19-20H2,1-3H3,(H,32,36)/t22-/m0/s1. The third-order valence-electron chi connectivity index (χ3n) is 6.30. The molecule has 208 valence electrons. The van der Waals surface area contributed by atoms with E-state index in [1.54, 1.807) is 50.2 Å². The van der Waals surface area contributed by atoms with Gasteiger partial charge in [0.15, 0.2) is 0 Å². The Hall–Kier alpha value is -3.43. The number of hydrogen-bond donors (Lipinski definition) is 1. The van der Waals surface area contributed by atoms with Crippen molar-refractivity contribution in [3.8, 4) is 0 Å². The van der Waals surface area contributed by atoms with Gasteiger partial charge in [0, 0.05) is 18.1 Å². The number of nitrogens with zero attached hydrogens (tertiary/aromatic N) is 2. The predicted octanol–water partition coefficient (Wildman–Crippen LogP) is 5.32. The minimum absolute atomic E-state index is 0.0136. The molecular weight excluding hydrogens is 541 g/mol. The summed E-state index contributed by atoms with van der Waals surface area (Å²) < 4.78 is 42.2. The third kappa shape index (κ3) is 7.80. The molecule has 0 fully saturated rings. The number of nitrogens with one attached hydrogen (secondary N) is 1. The van der Waals surface area contributed by atoms with Crippen LogP contribution < -0.4 is 9.62 Å². The molecule has 0 saturated carbocycles. The molecule has 0 unspecified atom stereocenters. The highest BCUT2D eigenvalue weighted by Gasteiger charge is 2.33. The lowest BCUT2D eigenvalue weighted by molar-refractivity contribution is -0.139. The van der Waals surface area contributed by atoms with E-state index in [1.807, 2.05) is 6.92 Å². The van der Waals surface area contributed by atoms with Crippen molar-refractivity contribution in [2.24, 2.45) is 0 Å². The van der Waals surface area contributed by atoms with Gasteiger partial charge < -0.3 is 10.2 Å². The minimum Gasteiger partial charge on any atom is -0.354 e. The molecule has 0 saturated heterocycles. The van der Waals surface area contributed by atoms with Gasteiger partial charge in [-0.2, -0.15) is 0 Å². The van der Waals surface area contributed by atoms with Crippen LogP contribution in [0, 0.1) is 12.7 Å². The van der Waals surface area contributed by atoms with Gasteiger partial charge in [-0.3, -0.25) is 13.9 Å². The van der Waals surface area contributed by atoms with Crippen LogP contribution in [0.25, 0.3) is 0 Å². The van der Waals surface area contributed by atoms with E-state index >= 15 is 0 Å². The summed E-state index contributed by atoms with van der Waals surface area (Å²) in [6, 6.07) is 17.2. The Morgan fingerprint density at radius 3 is 2.31 bits per heavy atom. The average Bonchev–Trinajstić information content (AvgIpc) is 2.91. The van der Waals surface area contributed by atoms with Crippen molar-refractivity contribution >= 4 is 39.1 Å².